The fraction of sp³-hybridized carbons (Fsp3) is 0.190. The fourth-order valence-electron chi connectivity index (χ4n) is 3.59. The van der Waals surface area contributed by atoms with Crippen LogP contribution in [0.1, 0.15) is 19.0 Å². The van der Waals surface area contributed by atoms with Crippen LogP contribution in [0, 0.1) is 0 Å². The summed E-state index contributed by atoms with van der Waals surface area (Å²) in [7, 11) is 1.58. The highest BCUT2D eigenvalue weighted by Gasteiger charge is 2.21. The first kappa shape index (κ1) is 22.0. The highest BCUT2D eigenvalue weighted by atomic mass is 35.7. The van der Waals surface area contributed by atoms with Gasteiger partial charge >= 0.3 is 5.69 Å². The molecule has 4 heterocycles. The van der Waals surface area contributed by atoms with Crippen LogP contribution in [-0.2, 0) is 15.6 Å². The van der Waals surface area contributed by atoms with Gasteiger partial charge in [0, 0.05) is 16.9 Å². The predicted molar refractivity (Wildman–Crippen MR) is 124 cm³/mol. The molecule has 0 spiro atoms. The Morgan fingerprint density at radius 2 is 2.03 bits per heavy atom. The molecule has 34 heavy (non-hydrogen) atoms. The second-order valence-corrected chi connectivity index (χ2v) is 10.0. The number of H-pyrrole nitrogens is 1. The number of benzene rings is 1. The van der Waals surface area contributed by atoms with Crippen molar-refractivity contribution < 1.29 is 13.2 Å². The zero-order chi connectivity index (χ0) is 23.9. The van der Waals surface area contributed by atoms with Crippen molar-refractivity contribution in [1.29, 1.82) is 0 Å². The third kappa shape index (κ3) is 3.90. The minimum Gasteiger partial charge on any atom is -0.493 e. The third-order valence-corrected chi connectivity index (χ3v) is 6.50. The lowest BCUT2D eigenvalue weighted by Crippen LogP contribution is -2.27. The van der Waals surface area contributed by atoms with Gasteiger partial charge in [0.1, 0.15) is 23.4 Å². The zero-order valence-electron chi connectivity index (χ0n) is 17.8. The van der Waals surface area contributed by atoms with Gasteiger partial charge in [-0.05, 0) is 36.8 Å². The van der Waals surface area contributed by atoms with Gasteiger partial charge in [-0.15, -0.1) is 10.2 Å². The number of hydrogen-bond acceptors (Lipinski definition) is 8. The van der Waals surface area contributed by atoms with Gasteiger partial charge in [-0.25, -0.2) is 22.6 Å². The van der Waals surface area contributed by atoms with Crippen LogP contribution in [0.25, 0.3) is 28.2 Å². The normalized spacial score (nSPS) is 11.9. The van der Waals surface area contributed by atoms with Crippen molar-refractivity contribution in [2.24, 2.45) is 0 Å². The highest BCUT2D eigenvalue weighted by molar-refractivity contribution is 8.13. The van der Waals surface area contributed by atoms with Gasteiger partial charge in [-0.2, -0.15) is 0 Å². The highest BCUT2D eigenvalue weighted by Crippen LogP contribution is 2.33. The van der Waals surface area contributed by atoms with E-state index >= 15 is 0 Å². The molecule has 0 unspecified atom stereocenters. The molecule has 0 aliphatic heterocycles. The molecule has 0 atom stereocenters. The monoisotopic (exact) mass is 499 g/mol. The minimum atomic E-state index is -4.00. The summed E-state index contributed by atoms with van der Waals surface area (Å²) in [5, 5.41) is 7.92. The Morgan fingerprint density at radius 3 is 2.76 bits per heavy atom. The van der Waals surface area contributed by atoms with Gasteiger partial charge in [-0.3, -0.25) is 9.55 Å². The Morgan fingerprint density at radius 1 is 1.18 bits per heavy atom. The number of aromatic amines is 1. The lowest BCUT2D eigenvalue weighted by molar-refractivity contribution is 0.318. The van der Waals surface area contributed by atoms with Crippen LogP contribution in [0.15, 0.2) is 58.6 Å². The number of hydrogen-bond donors (Lipinski definition) is 1. The smallest absolute Gasteiger partial charge is 0.337 e. The lowest BCUT2D eigenvalue weighted by Gasteiger charge is -2.10. The molecule has 0 fully saturated rings. The maximum atomic E-state index is 13.2. The number of nitrogens with one attached hydrogen (secondary N) is 1. The summed E-state index contributed by atoms with van der Waals surface area (Å²) in [6, 6.07) is 9.69. The van der Waals surface area contributed by atoms with E-state index in [0.29, 0.717) is 34.8 Å². The van der Waals surface area contributed by atoms with Crippen molar-refractivity contribution in [3.05, 3.63) is 65.1 Å². The maximum Gasteiger partial charge on any atom is 0.337 e. The first-order valence-corrected chi connectivity index (χ1v) is 12.6. The van der Waals surface area contributed by atoms with E-state index in [2.05, 4.69) is 25.1 Å². The summed E-state index contributed by atoms with van der Waals surface area (Å²) in [4.78, 5) is 25.2. The average Bonchev–Trinajstić information content (AvgIpc) is 3.48. The topological polar surface area (TPSA) is 137 Å². The quantitative estimate of drug-likeness (QED) is 0.337. The Labute approximate surface area is 197 Å². The number of rotatable bonds is 7. The molecule has 0 saturated heterocycles. The standard InChI is InChI=1S/C21H18ClN7O4S/c1-2-9-33-16-7-6-14(34(22,31)32)10-15(16)18-25-17-19(26-18)28(11-13-5-3-4-8-23-13)21(30)29-12-24-27-20(17)29/h3-8,10,12H,2,9,11H2,1H3,(H,25,26). The van der Waals surface area contributed by atoms with Crippen molar-refractivity contribution in [2.45, 2.75) is 24.8 Å². The number of aromatic nitrogens is 7. The molecule has 174 valence electrons. The van der Waals surface area contributed by atoms with Crippen molar-refractivity contribution in [2.75, 3.05) is 6.61 Å². The largest absolute Gasteiger partial charge is 0.493 e. The summed E-state index contributed by atoms with van der Waals surface area (Å²) >= 11 is 0. The summed E-state index contributed by atoms with van der Waals surface area (Å²) in [6.45, 7) is 2.53. The molecular weight excluding hydrogens is 482 g/mol. The van der Waals surface area contributed by atoms with Crippen molar-refractivity contribution >= 4 is 36.5 Å². The first-order chi connectivity index (χ1) is 16.4. The van der Waals surface area contributed by atoms with E-state index < -0.39 is 14.7 Å². The molecule has 4 aromatic heterocycles. The van der Waals surface area contributed by atoms with E-state index in [1.807, 2.05) is 13.0 Å². The minimum absolute atomic E-state index is 0.105. The molecule has 5 aromatic rings. The molecular formula is C21H18ClN7O4S. The molecule has 0 radical (unpaired) electrons. The van der Waals surface area contributed by atoms with Crippen molar-refractivity contribution in [1.82, 2.24) is 34.1 Å². The SMILES string of the molecule is CCCOc1ccc(S(=O)(=O)Cl)cc1-c1nc2c([nH]1)c1nncn1c(=O)n2Cc1ccccn1. The van der Waals surface area contributed by atoms with Crippen molar-refractivity contribution in [3.63, 3.8) is 0 Å². The number of fused-ring (bicyclic) bond motifs is 3. The van der Waals surface area contributed by atoms with E-state index in [-0.39, 0.29) is 22.9 Å². The van der Waals surface area contributed by atoms with Crippen LogP contribution < -0.4 is 10.4 Å². The average molecular weight is 500 g/mol. The van der Waals surface area contributed by atoms with Gasteiger partial charge in [0.05, 0.1) is 29.3 Å². The maximum absolute atomic E-state index is 13.2. The second kappa shape index (κ2) is 8.54. The van der Waals surface area contributed by atoms with Gasteiger partial charge in [0.25, 0.3) is 9.05 Å². The Bertz CT molecular complexity index is 1680. The van der Waals surface area contributed by atoms with Gasteiger partial charge < -0.3 is 9.72 Å². The Kier molecular flexibility index (Phi) is 5.54. The summed E-state index contributed by atoms with van der Waals surface area (Å²) in [5.74, 6) is 0.703. The van der Waals surface area contributed by atoms with Crippen molar-refractivity contribution in [3.8, 4) is 17.1 Å². The van der Waals surface area contributed by atoms with Crippen LogP contribution in [0.5, 0.6) is 5.75 Å². The van der Waals surface area contributed by atoms with Crippen LogP contribution >= 0.6 is 10.7 Å². The zero-order valence-corrected chi connectivity index (χ0v) is 19.4. The Hall–Kier alpha value is -3.77. The summed E-state index contributed by atoms with van der Waals surface area (Å²) in [5.41, 5.74) is 1.69. The molecule has 0 bridgehead atoms. The van der Waals surface area contributed by atoms with Crippen LogP contribution in [-0.4, -0.2) is 49.1 Å². The number of ether oxygens (including phenoxy) is 1. The van der Waals surface area contributed by atoms with Crippen LogP contribution in [0.2, 0.25) is 0 Å². The fourth-order valence-corrected chi connectivity index (χ4v) is 4.37. The number of pyridine rings is 1. The Balaban J connectivity index is 1.76. The molecule has 5 rings (SSSR count). The summed E-state index contributed by atoms with van der Waals surface area (Å²) < 4.78 is 32.5. The van der Waals surface area contributed by atoms with Crippen LogP contribution in [0.3, 0.4) is 0 Å². The molecule has 13 heteroatoms. The third-order valence-electron chi connectivity index (χ3n) is 5.14. The molecule has 0 aliphatic rings. The van der Waals surface area contributed by atoms with E-state index in [4.69, 9.17) is 15.4 Å². The van der Waals surface area contributed by atoms with Gasteiger partial charge in [-0.1, -0.05) is 13.0 Å². The predicted octanol–water partition coefficient (Wildman–Crippen LogP) is 2.59. The van der Waals surface area contributed by atoms with Crippen LogP contribution in [0.4, 0.5) is 0 Å². The number of imidazole rings is 1. The molecule has 1 N–H and O–H groups in total. The van der Waals surface area contributed by atoms with Gasteiger partial charge in [0.15, 0.2) is 11.3 Å². The first-order valence-electron chi connectivity index (χ1n) is 10.3. The molecule has 0 amide bonds. The number of nitrogens with zero attached hydrogens (tertiary/aromatic N) is 6. The molecule has 0 aliphatic carbocycles. The second-order valence-electron chi connectivity index (χ2n) is 7.44. The molecule has 1 aromatic carbocycles. The van der Waals surface area contributed by atoms with E-state index in [0.717, 1.165) is 6.42 Å². The van der Waals surface area contributed by atoms with Gasteiger partial charge in [0.2, 0.25) is 0 Å². The number of halogens is 1. The molecule has 11 nitrogen and oxygen atoms in total. The summed E-state index contributed by atoms with van der Waals surface area (Å²) in [6.07, 6.45) is 3.71. The van der Waals surface area contributed by atoms with E-state index in [9.17, 15) is 13.2 Å². The molecule has 0 saturated carbocycles. The lowest BCUT2D eigenvalue weighted by atomic mass is 10.2. The van der Waals surface area contributed by atoms with E-state index in [1.165, 1.54) is 33.5 Å². The van der Waals surface area contributed by atoms with E-state index in [1.54, 1.807) is 18.3 Å².